The monoisotopic (exact) mass is 794 g/mol. The van der Waals surface area contributed by atoms with E-state index in [-0.39, 0.29) is 31.4 Å². The van der Waals surface area contributed by atoms with Crippen molar-refractivity contribution >= 4 is 20.1 Å². The first-order chi connectivity index (χ1) is 26.9. The lowest BCUT2D eigenvalue weighted by Gasteiger charge is -2.50. The Morgan fingerprint density at radius 2 is 1.61 bits per heavy atom. The van der Waals surface area contributed by atoms with Gasteiger partial charge in [-0.3, -0.25) is 0 Å². The molecule has 3 atom stereocenters. The van der Waals surface area contributed by atoms with Crippen molar-refractivity contribution in [3.8, 4) is 11.5 Å². The maximum absolute atomic E-state index is 13.9. The molecule has 2 aliphatic rings. The minimum absolute atomic E-state index is 0.220. The van der Waals surface area contributed by atoms with E-state index in [9.17, 15) is 14.3 Å². The largest absolute Gasteiger partial charge is 0.494 e. The van der Waals surface area contributed by atoms with Crippen molar-refractivity contribution in [1.82, 2.24) is 4.90 Å². The van der Waals surface area contributed by atoms with Crippen LogP contribution in [-0.4, -0.2) is 96.3 Å². The lowest BCUT2D eigenvalue weighted by atomic mass is 9.84. The number of halogens is 1. The van der Waals surface area contributed by atoms with Gasteiger partial charge in [-0.2, -0.15) is 0 Å². The van der Waals surface area contributed by atoms with Gasteiger partial charge in [-0.25, -0.2) is 9.18 Å². The fraction of sp³-hybridized carbons (Fsp3) is 0.568. The summed E-state index contributed by atoms with van der Waals surface area (Å²) in [5.41, 5.74) is 4.54. The Hall–Kier alpha value is -3.68. The second kappa shape index (κ2) is 20.7. The summed E-state index contributed by atoms with van der Waals surface area (Å²) in [6.07, 6.45) is -0.282. The van der Waals surface area contributed by atoms with Crippen molar-refractivity contribution in [2.75, 3.05) is 64.6 Å². The van der Waals surface area contributed by atoms with Crippen LogP contribution in [0, 0.1) is 5.82 Å². The first-order valence-electron chi connectivity index (χ1n) is 20.2. The third-order valence-corrected chi connectivity index (χ3v) is 17.5. The number of piperidine rings is 1. The highest BCUT2D eigenvalue weighted by Gasteiger charge is 2.51. The molecule has 0 aromatic heterocycles. The second-order valence-electron chi connectivity index (χ2n) is 15.9. The summed E-state index contributed by atoms with van der Waals surface area (Å²) < 4.78 is 51.2. The van der Waals surface area contributed by atoms with Gasteiger partial charge in [0.1, 0.15) is 23.9 Å². The molecule has 1 N–H and O–H groups in total. The fourth-order valence-electron chi connectivity index (χ4n) is 8.68. The third-order valence-electron chi connectivity index (χ3n) is 11.3. The molecule has 0 spiro atoms. The molecule has 1 fully saturated rings. The summed E-state index contributed by atoms with van der Waals surface area (Å²) in [6.45, 7) is 18.4. The number of ether oxygens (including phenoxy) is 5. The number of methoxy groups -OCH3 is 1. The van der Waals surface area contributed by atoms with Gasteiger partial charge in [0, 0.05) is 44.7 Å². The third kappa shape index (κ3) is 10.8. The second-order valence-corrected chi connectivity index (χ2v) is 21.3. The van der Waals surface area contributed by atoms with Crippen LogP contribution >= 0.6 is 0 Å². The zero-order chi connectivity index (χ0) is 40.2. The molecule has 308 valence electrons. The Kier molecular flexibility index (Phi) is 16.0. The van der Waals surface area contributed by atoms with Gasteiger partial charge in [-0.1, -0.05) is 77.9 Å². The maximum Gasteiger partial charge on any atom is 0.407 e. The highest BCUT2D eigenvalue weighted by molar-refractivity contribution is 6.77. The zero-order valence-electron chi connectivity index (χ0n) is 34.4. The van der Waals surface area contributed by atoms with E-state index in [4.69, 9.17) is 28.1 Å². The summed E-state index contributed by atoms with van der Waals surface area (Å²) in [4.78, 5) is 16.5. The molecule has 0 radical (unpaired) electrons. The molecule has 5 rings (SSSR count). The molecular weight excluding hydrogens is 732 g/mol. The van der Waals surface area contributed by atoms with Gasteiger partial charge in [0.25, 0.3) is 0 Å². The van der Waals surface area contributed by atoms with E-state index in [0.29, 0.717) is 61.6 Å². The average Bonchev–Trinajstić information content (AvgIpc) is 3.18. The molecule has 0 aliphatic carbocycles. The smallest absolute Gasteiger partial charge is 0.407 e. The van der Waals surface area contributed by atoms with Crippen LogP contribution in [0.5, 0.6) is 11.5 Å². The van der Waals surface area contributed by atoms with Crippen LogP contribution < -0.4 is 14.4 Å². The number of hydrogen-bond donors (Lipinski definition) is 1. The van der Waals surface area contributed by atoms with Gasteiger partial charge in [-0.15, -0.1) is 0 Å². The molecule has 1 amide bonds. The highest BCUT2D eigenvalue weighted by Crippen LogP contribution is 2.46. The Balaban J connectivity index is 1.36. The number of likely N-dealkylation sites (tertiary alicyclic amines) is 1. The Morgan fingerprint density at radius 3 is 2.29 bits per heavy atom. The van der Waals surface area contributed by atoms with E-state index < -0.39 is 26.6 Å². The molecule has 2 aliphatic heterocycles. The maximum atomic E-state index is 13.9. The standard InChI is InChI=1S/C44H63FN2O8Si/c1-31(2)56(32(3)4,33(5)6)55-42-28-47(44(48)49)27-41(54-29-34-14-19-40-39(26-34)46(21-25-53-40)20-10-22-50-7)43(42)35-15-17-37(18-16-35)52-24-11-23-51-30-36-12-8-9-13-38(36)45/h8-9,12-19,26,31-33,41-43H,10-11,20-25,27-30H2,1-7H3,(H,48,49). The SMILES string of the molecule is COCCCN1CCOc2ccc(COC3CN(C(=O)O)CC(O[Si](C(C)C)(C(C)C)C(C)C)C3c3ccc(OCCCOCc4ccccc4F)cc3)cc21. The van der Waals surface area contributed by atoms with E-state index >= 15 is 0 Å². The molecule has 3 aromatic rings. The van der Waals surface area contributed by atoms with Crippen LogP contribution in [0.4, 0.5) is 14.9 Å². The predicted octanol–water partition coefficient (Wildman–Crippen LogP) is 9.27. The van der Waals surface area contributed by atoms with E-state index in [1.54, 1.807) is 25.3 Å². The highest BCUT2D eigenvalue weighted by atomic mass is 28.4. The van der Waals surface area contributed by atoms with Crippen molar-refractivity contribution < 1.29 is 42.4 Å². The Morgan fingerprint density at radius 1 is 0.893 bits per heavy atom. The summed E-state index contributed by atoms with van der Waals surface area (Å²) in [5.74, 6) is 1.09. The van der Waals surface area contributed by atoms with Gasteiger partial charge < -0.3 is 43.0 Å². The molecule has 10 nitrogen and oxygen atoms in total. The number of amides is 1. The number of benzene rings is 3. The first kappa shape index (κ1) is 43.4. The van der Waals surface area contributed by atoms with Gasteiger partial charge in [-0.05, 0) is 64.5 Å². The predicted molar refractivity (Wildman–Crippen MR) is 220 cm³/mol. The number of hydrogen-bond acceptors (Lipinski definition) is 8. The number of rotatable bonds is 20. The van der Waals surface area contributed by atoms with Gasteiger partial charge in [0.05, 0.1) is 57.4 Å². The van der Waals surface area contributed by atoms with Gasteiger partial charge in [0.15, 0.2) is 0 Å². The van der Waals surface area contributed by atoms with E-state index in [1.807, 2.05) is 24.3 Å². The van der Waals surface area contributed by atoms with Gasteiger partial charge in [0.2, 0.25) is 8.32 Å². The van der Waals surface area contributed by atoms with Crippen LogP contribution in [0.15, 0.2) is 66.7 Å². The quantitative estimate of drug-likeness (QED) is 0.0887. The van der Waals surface area contributed by atoms with Crippen LogP contribution in [0.2, 0.25) is 16.6 Å². The molecule has 3 unspecified atom stereocenters. The molecule has 12 heteroatoms. The molecule has 1 saturated heterocycles. The van der Waals surface area contributed by atoms with Crippen molar-refractivity contribution in [3.63, 3.8) is 0 Å². The lowest BCUT2D eigenvalue weighted by Crippen LogP contribution is -2.59. The Labute approximate surface area is 334 Å². The van der Waals surface area contributed by atoms with Crippen LogP contribution in [0.25, 0.3) is 0 Å². The molecular formula is C44H63FN2O8Si. The zero-order valence-corrected chi connectivity index (χ0v) is 35.4. The van der Waals surface area contributed by atoms with Gasteiger partial charge >= 0.3 is 6.09 Å². The first-order valence-corrected chi connectivity index (χ1v) is 22.4. The van der Waals surface area contributed by atoms with Crippen LogP contribution in [-0.2, 0) is 31.9 Å². The topological polar surface area (TPSA) is 99.2 Å². The molecule has 0 bridgehead atoms. The fourth-order valence-corrected chi connectivity index (χ4v) is 14.2. The lowest BCUT2D eigenvalue weighted by molar-refractivity contribution is -0.0630. The number of carbonyl (C=O) groups is 1. The number of carboxylic acid groups (broad SMARTS) is 1. The molecule has 0 saturated carbocycles. The van der Waals surface area contributed by atoms with E-state index in [1.165, 1.54) is 11.0 Å². The average molecular weight is 795 g/mol. The molecule has 3 aromatic carbocycles. The van der Waals surface area contributed by atoms with E-state index in [2.05, 4.69) is 64.6 Å². The van der Waals surface area contributed by atoms with Crippen molar-refractivity contribution in [1.29, 1.82) is 0 Å². The molecule has 2 heterocycles. The number of fused-ring (bicyclic) bond motifs is 1. The minimum Gasteiger partial charge on any atom is -0.494 e. The summed E-state index contributed by atoms with van der Waals surface area (Å²) in [7, 11) is -0.713. The summed E-state index contributed by atoms with van der Waals surface area (Å²) >= 11 is 0. The number of anilines is 1. The minimum atomic E-state index is -2.43. The normalized spacial score (nSPS) is 18.7. The van der Waals surface area contributed by atoms with Crippen molar-refractivity contribution in [2.45, 2.75) is 102 Å². The summed E-state index contributed by atoms with van der Waals surface area (Å²) in [5, 5.41) is 10.4. The van der Waals surface area contributed by atoms with Crippen molar-refractivity contribution in [3.05, 3.63) is 89.2 Å². The molecule has 56 heavy (non-hydrogen) atoms. The van der Waals surface area contributed by atoms with Crippen LogP contribution in [0.3, 0.4) is 0 Å². The van der Waals surface area contributed by atoms with Crippen LogP contribution in [0.1, 0.15) is 77.0 Å². The Bertz CT molecular complexity index is 1650. The van der Waals surface area contributed by atoms with Crippen molar-refractivity contribution in [2.24, 2.45) is 0 Å². The summed E-state index contributed by atoms with van der Waals surface area (Å²) in [6, 6.07) is 20.9. The van der Waals surface area contributed by atoms with E-state index in [0.717, 1.165) is 47.8 Å². The number of nitrogens with zero attached hydrogens (tertiary/aromatic N) is 2.